The van der Waals surface area contributed by atoms with Crippen LogP contribution in [0.4, 0.5) is 4.39 Å². The molecule has 2 N–H and O–H groups in total. The molecule has 6 heteroatoms. The van der Waals surface area contributed by atoms with Gasteiger partial charge in [-0.1, -0.05) is 0 Å². The maximum Gasteiger partial charge on any atom is 0.223 e. The van der Waals surface area contributed by atoms with Crippen molar-refractivity contribution in [3.8, 4) is 5.75 Å². The second-order valence-corrected chi connectivity index (χ2v) is 4.97. The van der Waals surface area contributed by atoms with Gasteiger partial charge in [0.2, 0.25) is 5.91 Å². The van der Waals surface area contributed by atoms with Crippen LogP contribution in [0.2, 0.25) is 0 Å². The normalized spacial score (nSPS) is 18.2. The molecule has 1 fully saturated rings. The molecule has 0 bridgehead atoms. The Hall–Kier alpha value is -1.33. The molecule has 0 radical (unpaired) electrons. The summed E-state index contributed by atoms with van der Waals surface area (Å²) >= 11 is 0. The van der Waals surface area contributed by atoms with E-state index in [1.54, 1.807) is 12.1 Å². The van der Waals surface area contributed by atoms with Crippen molar-refractivity contribution in [1.82, 2.24) is 10.6 Å². The Morgan fingerprint density at radius 1 is 1.29 bits per heavy atom. The van der Waals surface area contributed by atoms with E-state index < -0.39 is 0 Å². The molecule has 1 aromatic rings. The van der Waals surface area contributed by atoms with Crippen molar-refractivity contribution in [1.29, 1.82) is 0 Å². The molecule has 21 heavy (non-hydrogen) atoms. The number of amides is 1. The second-order valence-electron chi connectivity index (χ2n) is 4.97. The van der Waals surface area contributed by atoms with Crippen molar-refractivity contribution in [2.75, 3.05) is 26.2 Å². The summed E-state index contributed by atoms with van der Waals surface area (Å²) in [5.41, 5.74) is 0. The molecular weight excluding hydrogens is 295 g/mol. The maximum absolute atomic E-state index is 12.7. The summed E-state index contributed by atoms with van der Waals surface area (Å²) in [7, 11) is 0. The molecule has 1 aromatic carbocycles. The summed E-state index contributed by atoms with van der Waals surface area (Å²) < 4.78 is 18.1. The fourth-order valence-corrected chi connectivity index (χ4v) is 2.30. The number of carbonyl (C=O) groups is 1. The highest BCUT2D eigenvalue weighted by molar-refractivity contribution is 5.85. The first kappa shape index (κ1) is 17.7. The van der Waals surface area contributed by atoms with Crippen LogP contribution in [0.3, 0.4) is 0 Å². The number of hydrogen-bond acceptors (Lipinski definition) is 3. The molecule has 1 aliphatic heterocycles. The van der Waals surface area contributed by atoms with Gasteiger partial charge in [0, 0.05) is 5.92 Å². The monoisotopic (exact) mass is 316 g/mol. The molecule has 0 spiro atoms. The van der Waals surface area contributed by atoms with E-state index in [0.29, 0.717) is 18.9 Å². The first-order valence-corrected chi connectivity index (χ1v) is 7.12. The molecule has 0 saturated carbocycles. The zero-order chi connectivity index (χ0) is 14.2. The van der Waals surface area contributed by atoms with Crippen molar-refractivity contribution in [3.63, 3.8) is 0 Å². The van der Waals surface area contributed by atoms with Crippen LogP contribution in [-0.4, -0.2) is 32.1 Å². The largest absolute Gasteiger partial charge is 0.492 e. The van der Waals surface area contributed by atoms with Gasteiger partial charge in [-0.2, -0.15) is 0 Å². The Morgan fingerprint density at radius 3 is 2.81 bits per heavy atom. The minimum atomic E-state index is -0.285. The Bertz CT molecular complexity index is 420. The molecule has 2 rings (SSSR count). The molecule has 1 heterocycles. The lowest BCUT2D eigenvalue weighted by Crippen LogP contribution is -2.34. The molecule has 1 saturated heterocycles. The lowest BCUT2D eigenvalue weighted by Gasteiger charge is -2.14. The zero-order valence-electron chi connectivity index (χ0n) is 11.9. The van der Waals surface area contributed by atoms with Crippen molar-refractivity contribution >= 4 is 18.3 Å². The number of rotatable bonds is 5. The Morgan fingerprint density at radius 2 is 2.05 bits per heavy atom. The van der Waals surface area contributed by atoms with Gasteiger partial charge in [-0.05, 0) is 56.6 Å². The van der Waals surface area contributed by atoms with Crippen molar-refractivity contribution in [3.05, 3.63) is 30.1 Å². The molecule has 1 amide bonds. The summed E-state index contributed by atoms with van der Waals surface area (Å²) in [6.07, 6.45) is 2.88. The highest BCUT2D eigenvalue weighted by Gasteiger charge is 2.19. The van der Waals surface area contributed by atoms with Gasteiger partial charge in [0.25, 0.3) is 0 Å². The molecule has 4 nitrogen and oxygen atoms in total. The number of nitrogens with one attached hydrogen (secondary N) is 2. The minimum Gasteiger partial charge on any atom is -0.492 e. The van der Waals surface area contributed by atoms with Crippen LogP contribution < -0.4 is 15.4 Å². The quantitative estimate of drug-likeness (QED) is 0.818. The van der Waals surface area contributed by atoms with E-state index in [1.165, 1.54) is 12.1 Å². The fraction of sp³-hybridized carbons (Fsp3) is 0.533. The van der Waals surface area contributed by atoms with Crippen molar-refractivity contribution in [2.24, 2.45) is 5.92 Å². The number of carbonyl (C=O) groups excluding carboxylic acids is 1. The minimum absolute atomic E-state index is 0. The molecular formula is C15H22ClFN2O2. The van der Waals surface area contributed by atoms with Gasteiger partial charge in [-0.3, -0.25) is 4.79 Å². The average molecular weight is 317 g/mol. The van der Waals surface area contributed by atoms with Gasteiger partial charge in [-0.25, -0.2) is 4.39 Å². The fourth-order valence-electron chi connectivity index (χ4n) is 2.30. The number of ether oxygens (including phenoxy) is 1. The predicted molar refractivity (Wildman–Crippen MR) is 82.4 cm³/mol. The van der Waals surface area contributed by atoms with E-state index in [2.05, 4.69) is 10.6 Å². The van der Waals surface area contributed by atoms with Gasteiger partial charge < -0.3 is 15.4 Å². The van der Waals surface area contributed by atoms with Crippen molar-refractivity contribution in [2.45, 2.75) is 19.3 Å². The van der Waals surface area contributed by atoms with Crippen molar-refractivity contribution < 1.29 is 13.9 Å². The first-order valence-electron chi connectivity index (χ1n) is 7.12. The molecule has 1 unspecified atom stereocenters. The number of benzene rings is 1. The lowest BCUT2D eigenvalue weighted by molar-refractivity contribution is -0.125. The van der Waals surface area contributed by atoms with E-state index >= 15 is 0 Å². The van der Waals surface area contributed by atoms with Crippen LogP contribution in [0.5, 0.6) is 5.75 Å². The molecule has 0 aromatic heterocycles. The average Bonchev–Trinajstić information content (AvgIpc) is 2.74. The molecule has 1 aliphatic rings. The van der Waals surface area contributed by atoms with E-state index in [-0.39, 0.29) is 30.0 Å². The van der Waals surface area contributed by atoms with E-state index in [1.807, 2.05) is 0 Å². The third kappa shape index (κ3) is 6.31. The van der Waals surface area contributed by atoms with Gasteiger partial charge >= 0.3 is 0 Å². The van der Waals surface area contributed by atoms with Gasteiger partial charge in [0.05, 0.1) is 6.54 Å². The standard InChI is InChI=1S/C15H21FN2O2.ClH/c16-13-3-5-14(6-4-13)20-11-10-18-15(19)12-2-1-8-17-9-7-12;/h3-6,12,17H,1-2,7-11H2,(H,18,19);1H. The highest BCUT2D eigenvalue weighted by Crippen LogP contribution is 2.13. The summed E-state index contributed by atoms with van der Waals surface area (Å²) in [5, 5.41) is 6.19. The van der Waals surface area contributed by atoms with Gasteiger partial charge in [0.1, 0.15) is 18.2 Å². The van der Waals surface area contributed by atoms with Crippen LogP contribution >= 0.6 is 12.4 Å². The maximum atomic E-state index is 12.7. The predicted octanol–water partition coefficient (Wildman–Crippen LogP) is 2.13. The van der Waals surface area contributed by atoms with Crippen LogP contribution in [-0.2, 0) is 4.79 Å². The Labute approximate surface area is 130 Å². The SMILES string of the molecule is Cl.O=C(NCCOc1ccc(F)cc1)C1CCCNCC1. The number of halogens is 2. The van der Waals surface area contributed by atoms with E-state index in [9.17, 15) is 9.18 Å². The van der Waals surface area contributed by atoms with E-state index in [4.69, 9.17) is 4.74 Å². The van der Waals surface area contributed by atoms with E-state index in [0.717, 1.165) is 32.4 Å². The molecule has 1 atom stereocenters. The topological polar surface area (TPSA) is 50.4 Å². The third-order valence-corrected chi connectivity index (χ3v) is 3.43. The first-order chi connectivity index (χ1) is 9.75. The zero-order valence-corrected chi connectivity index (χ0v) is 12.8. The summed E-state index contributed by atoms with van der Waals surface area (Å²) in [4.78, 5) is 12.0. The smallest absolute Gasteiger partial charge is 0.223 e. The van der Waals surface area contributed by atoms with Crippen LogP contribution in [0, 0.1) is 11.7 Å². The summed E-state index contributed by atoms with van der Waals surface area (Å²) in [6.45, 7) is 2.77. The molecule has 118 valence electrons. The Balaban J connectivity index is 0.00000220. The Kier molecular flexibility index (Phi) is 8.08. The van der Waals surface area contributed by atoms with Gasteiger partial charge in [-0.15, -0.1) is 12.4 Å². The lowest BCUT2D eigenvalue weighted by atomic mass is 10.00. The summed E-state index contributed by atoms with van der Waals surface area (Å²) in [6, 6.07) is 5.86. The third-order valence-electron chi connectivity index (χ3n) is 3.43. The molecule has 0 aliphatic carbocycles. The summed E-state index contributed by atoms with van der Waals surface area (Å²) in [5.74, 6) is 0.541. The van der Waals surface area contributed by atoms with Crippen LogP contribution in [0.25, 0.3) is 0 Å². The van der Waals surface area contributed by atoms with Crippen LogP contribution in [0.15, 0.2) is 24.3 Å². The van der Waals surface area contributed by atoms with Gasteiger partial charge in [0.15, 0.2) is 0 Å². The second kappa shape index (κ2) is 9.58. The van der Waals surface area contributed by atoms with Crippen LogP contribution in [0.1, 0.15) is 19.3 Å². The number of hydrogen-bond donors (Lipinski definition) is 2. The highest BCUT2D eigenvalue weighted by atomic mass is 35.5.